The van der Waals surface area contributed by atoms with Gasteiger partial charge in [-0.25, -0.2) is 9.48 Å². The van der Waals surface area contributed by atoms with Crippen LogP contribution < -0.4 is 10.6 Å². The normalized spacial score (nSPS) is 18.8. The molecule has 2 atom stereocenters. The zero-order valence-electron chi connectivity index (χ0n) is 29.0. The molecule has 2 aromatic heterocycles. The first-order valence-electron chi connectivity index (χ1n) is 17.3. The maximum atomic E-state index is 13.8. The van der Waals surface area contributed by atoms with E-state index in [4.69, 9.17) is 9.52 Å². The number of fused-ring (bicyclic) bond motifs is 2. The molecule has 8 heteroatoms. The van der Waals surface area contributed by atoms with Crippen LogP contribution in [0.4, 0.5) is 16.3 Å². The van der Waals surface area contributed by atoms with E-state index in [0.29, 0.717) is 23.1 Å². The van der Waals surface area contributed by atoms with Crippen molar-refractivity contribution >= 4 is 23.4 Å². The van der Waals surface area contributed by atoms with E-state index >= 15 is 0 Å². The Balaban J connectivity index is 0.999. The van der Waals surface area contributed by atoms with E-state index in [1.165, 1.54) is 5.56 Å². The number of furan rings is 1. The minimum absolute atomic E-state index is 0.0879. The highest BCUT2D eigenvalue weighted by atomic mass is 16.3. The van der Waals surface area contributed by atoms with E-state index in [-0.39, 0.29) is 29.4 Å². The fourth-order valence-electron chi connectivity index (χ4n) is 7.47. The average Bonchev–Trinajstić information content (AvgIpc) is 3.75. The number of hydrogen-bond donors (Lipinski definition) is 2. The Morgan fingerprint density at radius 2 is 1.57 bits per heavy atom. The molecule has 4 heterocycles. The number of benzene rings is 3. The summed E-state index contributed by atoms with van der Waals surface area (Å²) in [5, 5.41) is 10.9. The van der Waals surface area contributed by atoms with Crippen molar-refractivity contribution in [2.45, 2.75) is 84.2 Å². The average molecular weight is 656 g/mol. The number of anilines is 2. The standard InChI is InChI=1S/C41H45N5O3/c1-26-14-16-32(17-15-26)46-38(25-37(44-46)41(3,4)5)43-40(48)42-31-13-9-10-28(21-31)20-29-22-33-18-19-34(23-29)45(33)39(47)35-24-36(49-27(35)2)30-11-7-6-8-12-30/h6-17,21,24-25,29,33-34H,18-20,22-23H2,1-5H3,(H2,42,43,48). The third-order valence-electron chi connectivity index (χ3n) is 9.98. The van der Waals surface area contributed by atoms with E-state index in [9.17, 15) is 9.59 Å². The third kappa shape index (κ3) is 6.91. The Morgan fingerprint density at radius 3 is 2.27 bits per heavy atom. The fraction of sp³-hybridized carbons (Fsp3) is 0.341. The van der Waals surface area contributed by atoms with Crippen molar-refractivity contribution in [3.63, 3.8) is 0 Å². The second kappa shape index (κ2) is 13.1. The Kier molecular flexibility index (Phi) is 8.65. The number of nitrogens with zero attached hydrogens (tertiary/aromatic N) is 3. The first kappa shape index (κ1) is 32.4. The Labute approximate surface area is 288 Å². The lowest BCUT2D eigenvalue weighted by Crippen LogP contribution is -2.47. The van der Waals surface area contributed by atoms with Gasteiger partial charge in [-0.05, 0) is 87.8 Å². The maximum absolute atomic E-state index is 13.8. The van der Waals surface area contributed by atoms with E-state index in [1.807, 2.05) is 92.7 Å². The topological polar surface area (TPSA) is 92.4 Å². The minimum atomic E-state index is -0.319. The summed E-state index contributed by atoms with van der Waals surface area (Å²) < 4.78 is 7.82. The van der Waals surface area contributed by atoms with Gasteiger partial charge in [0.05, 0.1) is 16.9 Å². The smallest absolute Gasteiger partial charge is 0.324 e. The molecule has 2 aliphatic heterocycles. The number of carbonyl (C=O) groups is 2. The molecule has 0 saturated carbocycles. The van der Waals surface area contributed by atoms with E-state index in [1.54, 1.807) is 4.68 Å². The predicted octanol–water partition coefficient (Wildman–Crippen LogP) is 9.32. The van der Waals surface area contributed by atoms with E-state index in [2.05, 4.69) is 48.4 Å². The van der Waals surface area contributed by atoms with E-state index in [0.717, 1.165) is 66.1 Å². The van der Waals surface area contributed by atoms with Gasteiger partial charge in [-0.2, -0.15) is 5.10 Å². The first-order chi connectivity index (χ1) is 23.5. The molecule has 3 amide bonds. The summed E-state index contributed by atoms with van der Waals surface area (Å²) in [5.74, 6) is 2.58. The van der Waals surface area contributed by atoms with Crippen LogP contribution in [0.5, 0.6) is 0 Å². The maximum Gasteiger partial charge on any atom is 0.324 e. The largest absolute Gasteiger partial charge is 0.461 e. The minimum Gasteiger partial charge on any atom is -0.461 e. The summed E-state index contributed by atoms with van der Waals surface area (Å²) in [7, 11) is 0. The number of piperidine rings is 1. The van der Waals surface area contributed by atoms with Gasteiger partial charge in [0.1, 0.15) is 17.3 Å². The number of amides is 3. The molecule has 0 radical (unpaired) electrons. The zero-order valence-corrected chi connectivity index (χ0v) is 29.0. The van der Waals surface area contributed by atoms with Gasteiger partial charge in [0.2, 0.25) is 0 Å². The Bertz CT molecular complexity index is 1950. The lowest BCUT2D eigenvalue weighted by atomic mass is 9.85. The van der Waals surface area contributed by atoms with Crippen LogP contribution in [-0.4, -0.2) is 38.7 Å². The Morgan fingerprint density at radius 1 is 0.857 bits per heavy atom. The quantitative estimate of drug-likeness (QED) is 0.183. The van der Waals surface area contributed by atoms with Crippen molar-refractivity contribution in [3.05, 3.63) is 119 Å². The first-order valence-corrected chi connectivity index (χ1v) is 17.3. The molecule has 5 aromatic rings. The molecule has 7 rings (SSSR count). The molecule has 0 spiro atoms. The molecule has 2 saturated heterocycles. The summed E-state index contributed by atoms with van der Waals surface area (Å²) >= 11 is 0. The number of rotatable bonds is 7. The zero-order chi connectivity index (χ0) is 34.3. The highest BCUT2D eigenvalue weighted by Crippen LogP contribution is 2.41. The van der Waals surface area contributed by atoms with Gasteiger partial charge in [0.25, 0.3) is 5.91 Å². The molecule has 2 fully saturated rings. The van der Waals surface area contributed by atoms with Gasteiger partial charge in [-0.15, -0.1) is 0 Å². The van der Waals surface area contributed by atoms with Crippen LogP contribution in [-0.2, 0) is 11.8 Å². The monoisotopic (exact) mass is 655 g/mol. The lowest BCUT2D eigenvalue weighted by Gasteiger charge is -2.39. The van der Waals surface area contributed by atoms with Gasteiger partial charge in [0.15, 0.2) is 0 Å². The van der Waals surface area contributed by atoms with Crippen LogP contribution in [0.3, 0.4) is 0 Å². The second-order valence-corrected chi connectivity index (χ2v) is 14.8. The summed E-state index contributed by atoms with van der Waals surface area (Å²) in [6.45, 7) is 10.3. The molecule has 2 N–H and O–H groups in total. The summed E-state index contributed by atoms with van der Waals surface area (Å²) in [5.41, 5.74) is 6.33. The molecule has 0 aliphatic carbocycles. The van der Waals surface area contributed by atoms with Gasteiger partial charge in [-0.3, -0.25) is 10.1 Å². The number of aromatic nitrogens is 2. The van der Waals surface area contributed by atoms with Crippen LogP contribution >= 0.6 is 0 Å². The van der Waals surface area contributed by atoms with Gasteiger partial charge >= 0.3 is 6.03 Å². The van der Waals surface area contributed by atoms with Crippen molar-refractivity contribution in [2.75, 3.05) is 10.6 Å². The molecular formula is C41H45N5O3. The number of nitrogens with one attached hydrogen (secondary N) is 2. The van der Waals surface area contributed by atoms with Crippen molar-refractivity contribution in [3.8, 4) is 17.0 Å². The highest BCUT2D eigenvalue weighted by molar-refractivity contribution is 5.99. The molecule has 2 aliphatic rings. The molecule has 49 heavy (non-hydrogen) atoms. The summed E-state index contributed by atoms with van der Waals surface area (Å²) in [4.78, 5) is 29.3. The van der Waals surface area contributed by atoms with Crippen LogP contribution in [0.1, 0.15) is 79.4 Å². The third-order valence-corrected chi connectivity index (χ3v) is 9.98. The van der Waals surface area contributed by atoms with Gasteiger partial charge in [-0.1, -0.05) is 80.9 Å². The van der Waals surface area contributed by atoms with E-state index < -0.39 is 0 Å². The summed E-state index contributed by atoms with van der Waals surface area (Å²) in [6, 6.07) is 30.1. The number of urea groups is 1. The molecular weight excluding hydrogens is 610 g/mol. The molecule has 252 valence electrons. The summed E-state index contributed by atoms with van der Waals surface area (Å²) in [6.07, 6.45) is 4.93. The predicted molar refractivity (Wildman–Crippen MR) is 194 cm³/mol. The van der Waals surface area contributed by atoms with Gasteiger partial charge in [0, 0.05) is 34.8 Å². The SMILES string of the molecule is Cc1ccc(-n2nc(C(C)(C)C)cc2NC(=O)Nc2cccc(CC3CC4CCC(C3)N4C(=O)c3cc(-c4ccccc4)oc3C)c2)cc1. The van der Waals surface area contributed by atoms with Crippen LogP contribution in [0.15, 0.2) is 95.4 Å². The molecule has 2 bridgehead atoms. The Hall–Kier alpha value is -5.11. The van der Waals surface area contributed by atoms with Crippen molar-refractivity contribution in [1.29, 1.82) is 0 Å². The van der Waals surface area contributed by atoms with Crippen LogP contribution in [0.25, 0.3) is 17.0 Å². The van der Waals surface area contributed by atoms with Crippen molar-refractivity contribution in [2.24, 2.45) is 5.92 Å². The van der Waals surface area contributed by atoms with Crippen molar-refractivity contribution < 1.29 is 14.0 Å². The second-order valence-electron chi connectivity index (χ2n) is 14.8. The fourth-order valence-corrected chi connectivity index (χ4v) is 7.47. The molecule has 2 unspecified atom stereocenters. The molecule has 8 nitrogen and oxygen atoms in total. The van der Waals surface area contributed by atoms with Crippen LogP contribution in [0.2, 0.25) is 0 Å². The van der Waals surface area contributed by atoms with Crippen molar-refractivity contribution in [1.82, 2.24) is 14.7 Å². The number of carbonyl (C=O) groups excluding carboxylic acids is 2. The molecule has 3 aromatic carbocycles. The van der Waals surface area contributed by atoms with Gasteiger partial charge < -0.3 is 14.6 Å². The number of aryl methyl sites for hydroxylation is 2. The van der Waals surface area contributed by atoms with Crippen LogP contribution in [0, 0.1) is 19.8 Å². The lowest BCUT2D eigenvalue weighted by molar-refractivity contribution is 0.0523. The highest BCUT2D eigenvalue weighted by Gasteiger charge is 2.44. The number of hydrogen-bond acceptors (Lipinski definition) is 4.